The number of sulfonamides is 1. The minimum absolute atomic E-state index is 0.0126. The fourth-order valence-corrected chi connectivity index (χ4v) is 4.57. The highest BCUT2D eigenvalue weighted by atomic mass is 32.2. The van der Waals surface area contributed by atoms with Crippen LogP contribution in [-0.4, -0.2) is 39.5 Å². The Kier molecular flexibility index (Phi) is 7.60. The molecule has 1 aromatic carbocycles. The fourth-order valence-electron chi connectivity index (χ4n) is 3.50. The Balaban J connectivity index is 2.00. The number of hydrogen-bond donors (Lipinski definition) is 2. The van der Waals surface area contributed by atoms with Gasteiger partial charge in [-0.2, -0.15) is 0 Å². The van der Waals surface area contributed by atoms with E-state index in [-0.39, 0.29) is 35.6 Å². The predicted molar refractivity (Wildman–Crippen MR) is 106 cm³/mol. The molecule has 0 heterocycles. The molecule has 2 N–H and O–H groups in total. The normalized spacial score (nSPS) is 22.5. The molecule has 8 heteroatoms. The Hall–Kier alpha value is -1.93. The smallest absolute Gasteiger partial charge is 0.338 e. The van der Waals surface area contributed by atoms with Crippen LogP contribution in [0.4, 0.5) is 0 Å². The molecule has 1 saturated carbocycles. The Bertz CT molecular complexity index is 822. The molecule has 28 heavy (non-hydrogen) atoms. The zero-order valence-electron chi connectivity index (χ0n) is 16.9. The summed E-state index contributed by atoms with van der Waals surface area (Å²) < 4.78 is 31.8. The lowest BCUT2D eigenvalue weighted by atomic mass is 9.78. The Morgan fingerprint density at radius 2 is 1.93 bits per heavy atom. The van der Waals surface area contributed by atoms with Gasteiger partial charge in [0.2, 0.25) is 10.0 Å². The number of aryl methyl sites for hydroxylation is 1. The Morgan fingerprint density at radius 1 is 1.21 bits per heavy atom. The van der Waals surface area contributed by atoms with E-state index in [1.54, 1.807) is 19.9 Å². The lowest BCUT2D eigenvalue weighted by Gasteiger charge is -2.34. The largest absolute Gasteiger partial charge is 0.452 e. The van der Waals surface area contributed by atoms with Crippen LogP contribution in [-0.2, 0) is 19.6 Å². The molecule has 0 radical (unpaired) electrons. The summed E-state index contributed by atoms with van der Waals surface area (Å²) in [4.78, 5) is 24.6. The van der Waals surface area contributed by atoms with Crippen LogP contribution in [0.2, 0.25) is 0 Å². The predicted octanol–water partition coefficient (Wildman–Crippen LogP) is 2.39. The van der Waals surface area contributed by atoms with Crippen molar-refractivity contribution >= 4 is 21.9 Å². The van der Waals surface area contributed by atoms with Gasteiger partial charge in [-0.1, -0.05) is 39.7 Å². The van der Waals surface area contributed by atoms with Crippen LogP contribution in [0.3, 0.4) is 0 Å². The maximum absolute atomic E-state index is 12.4. The monoisotopic (exact) mass is 410 g/mol. The minimum atomic E-state index is -3.68. The Morgan fingerprint density at radius 3 is 2.61 bits per heavy atom. The maximum Gasteiger partial charge on any atom is 0.338 e. The summed E-state index contributed by atoms with van der Waals surface area (Å²) in [7, 11) is -3.68. The van der Waals surface area contributed by atoms with Crippen LogP contribution in [0.15, 0.2) is 23.1 Å². The lowest BCUT2D eigenvalue weighted by Crippen LogP contribution is -2.45. The van der Waals surface area contributed by atoms with Gasteiger partial charge < -0.3 is 10.1 Å². The van der Waals surface area contributed by atoms with E-state index in [0.29, 0.717) is 17.4 Å². The van der Waals surface area contributed by atoms with E-state index >= 15 is 0 Å². The van der Waals surface area contributed by atoms with Gasteiger partial charge in [-0.25, -0.2) is 17.9 Å². The summed E-state index contributed by atoms with van der Waals surface area (Å²) in [5.41, 5.74) is 0.710. The highest BCUT2D eigenvalue weighted by Gasteiger charge is 2.28. The third kappa shape index (κ3) is 5.54. The average Bonchev–Trinajstić information content (AvgIpc) is 2.63. The molecular weight excluding hydrogens is 380 g/mol. The molecule has 2 rings (SSSR count). The number of rotatable bonds is 7. The maximum atomic E-state index is 12.4. The average molecular weight is 411 g/mol. The fraction of sp³-hybridized carbons (Fsp3) is 0.600. The van der Waals surface area contributed by atoms with E-state index in [0.717, 1.165) is 19.3 Å². The van der Waals surface area contributed by atoms with Gasteiger partial charge in [-0.3, -0.25) is 4.79 Å². The quantitative estimate of drug-likeness (QED) is 0.672. The SMILES string of the molecule is CCNS(=O)(=O)c1ccc(C)c(C(=O)OCC(=O)NC2CCCC(C)C2C)c1. The highest BCUT2D eigenvalue weighted by Crippen LogP contribution is 2.29. The van der Waals surface area contributed by atoms with Crippen LogP contribution in [0, 0.1) is 18.8 Å². The first-order chi connectivity index (χ1) is 13.2. The van der Waals surface area contributed by atoms with Gasteiger partial charge in [0.1, 0.15) is 0 Å². The second-order valence-electron chi connectivity index (χ2n) is 7.50. The van der Waals surface area contributed by atoms with Gasteiger partial charge in [-0.05, 0) is 42.9 Å². The summed E-state index contributed by atoms with van der Waals surface area (Å²) in [6.45, 7) is 7.52. The van der Waals surface area contributed by atoms with Crippen molar-refractivity contribution in [3.63, 3.8) is 0 Å². The van der Waals surface area contributed by atoms with E-state index in [1.807, 2.05) is 0 Å². The molecule has 0 aromatic heterocycles. The third-order valence-corrected chi connectivity index (χ3v) is 7.00. The number of esters is 1. The number of benzene rings is 1. The van der Waals surface area contributed by atoms with E-state index in [2.05, 4.69) is 23.9 Å². The van der Waals surface area contributed by atoms with Gasteiger partial charge in [-0.15, -0.1) is 0 Å². The molecule has 1 aromatic rings. The highest BCUT2D eigenvalue weighted by molar-refractivity contribution is 7.89. The molecule has 3 unspecified atom stereocenters. The van der Waals surface area contributed by atoms with E-state index in [4.69, 9.17) is 4.74 Å². The number of ether oxygens (including phenoxy) is 1. The molecule has 1 fully saturated rings. The first-order valence-electron chi connectivity index (χ1n) is 9.72. The van der Waals surface area contributed by atoms with Crippen molar-refractivity contribution in [1.29, 1.82) is 0 Å². The summed E-state index contributed by atoms with van der Waals surface area (Å²) in [5.74, 6) is -0.131. The van der Waals surface area contributed by atoms with Gasteiger partial charge in [0.15, 0.2) is 6.61 Å². The number of carbonyl (C=O) groups is 2. The molecule has 0 bridgehead atoms. The molecule has 0 spiro atoms. The van der Waals surface area contributed by atoms with Crippen molar-refractivity contribution in [3.05, 3.63) is 29.3 Å². The summed E-state index contributed by atoms with van der Waals surface area (Å²) >= 11 is 0. The molecule has 7 nitrogen and oxygen atoms in total. The third-order valence-electron chi connectivity index (χ3n) is 5.46. The standard InChI is InChI=1S/C20H30N2O5S/c1-5-21-28(25,26)16-10-9-14(3)17(11-16)20(24)27-12-19(23)22-18-8-6-7-13(2)15(18)4/h9-11,13,15,18,21H,5-8,12H2,1-4H3,(H,22,23). The summed E-state index contributed by atoms with van der Waals surface area (Å²) in [6.07, 6.45) is 3.16. The van der Waals surface area contributed by atoms with Crippen molar-refractivity contribution < 1.29 is 22.7 Å². The van der Waals surface area contributed by atoms with Gasteiger partial charge in [0.25, 0.3) is 5.91 Å². The zero-order valence-corrected chi connectivity index (χ0v) is 17.8. The second kappa shape index (κ2) is 9.52. The number of hydrogen-bond acceptors (Lipinski definition) is 5. The van der Waals surface area contributed by atoms with E-state index in [1.165, 1.54) is 12.1 Å². The van der Waals surface area contributed by atoms with Gasteiger partial charge >= 0.3 is 5.97 Å². The van der Waals surface area contributed by atoms with Crippen molar-refractivity contribution in [3.8, 4) is 0 Å². The number of amides is 1. The molecule has 0 aliphatic heterocycles. The van der Waals surface area contributed by atoms with Crippen molar-refractivity contribution in [1.82, 2.24) is 10.0 Å². The van der Waals surface area contributed by atoms with Crippen LogP contribution in [0.1, 0.15) is 56.0 Å². The van der Waals surface area contributed by atoms with E-state index < -0.39 is 16.0 Å². The van der Waals surface area contributed by atoms with Crippen LogP contribution in [0.5, 0.6) is 0 Å². The number of nitrogens with one attached hydrogen (secondary N) is 2. The first kappa shape index (κ1) is 22.4. The second-order valence-corrected chi connectivity index (χ2v) is 9.26. The lowest BCUT2D eigenvalue weighted by molar-refractivity contribution is -0.125. The molecule has 156 valence electrons. The van der Waals surface area contributed by atoms with Crippen molar-refractivity contribution in [2.45, 2.75) is 57.9 Å². The summed E-state index contributed by atoms with van der Waals surface area (Å²) in [5, 5.41) is 2.95. The summed E-state index contributed by atoms with van der Waals surface area (Å²) in [6, 6.07) is 4.35. The first-order valence-corrected chi connectivity index (χ1v) is 11.2. The topological polar surface area (TPSA) is 102 Å². The molecule has 1 aliphatic carbocycles. The van der Waals surface area contributed by atoms with Gasteiger partial charge in [0.05, 0.1) is 10.5 Å². The van der Waals surface area contributed by atoms with Crippen molar-refractivity contribution in [2.24, 2.45) is 11.8 Å². The molecule has 1 amide bonds. The molecule has 3 atom stereocenters. The van der Waals surface area contributed by atoms with Crippen molar-refractivity contribution in [2.75, 3.05) is 13.2 Å². The number of carbonyl (C=O) groups excluding carboxylic acids is 2. The minimum Gasteiger partial charge on any atom is -0.452 e. The van der Waals surface area contributed by atoms with Gasteiger partial charge in [0, 0.05) is 12.6 Å². The molecule has 1 aliphatic rings. The van der Waals surface area contributed by atoms with Crippen LogP contribution in [0.25, 0.3) is 0 Å². The van der Waals surface area contributed by atoms with Crippen LogP contribution >= 0.6 is 0 Å². The molecule has 0 saturated heterocycles. The Labute approximate surface area is 167 Å². The van der Waals surface area contributed by atoms with E-state index in [9.17, 15) is 18.0 Å². The zero-order chi connectivity index (χ0) is 20.9. The molecular formula is C20H30N2O5S. The van der Waals surface area contributed by atoms with Crippen LogP contribution < -0.4 is 10.0 Å².